The van der Waals surface area contributed by atoms with Crippen LogP contribution in [0.2, 0.25) is 0 Å². The van der Waals surface area contributed by atoms with Crippen molar-refractivity contribution >= 4 is 21.6 Å². The van der Waals surface area contributed by atoms with Crippen LogP contribution in [0.15, 0.2) is 17.5 Å². The molecule has 0 bridgehead atoms. The molecule has 0 radical (unpaired) electrons. The van der Waals surface area contributed by atoms with Gasteiger partial charge in [-0.05, 0) is 36.0 Å². The van der Waals surface area contributed by atoms with Crippen molar-refractivity contribution in [2.75, 3.05) is 6.54 Å². The number of thiophene rings is 1. The van der Waals surface area contributed by atoms with Crippen LogP contribution in [-0.4, -0.2) is 11.5 Å². The number of hydrogen-bond donors (Lipinski definition) is 1. The normalized spacial score (nSPS) is 12.2. The zero-order valence-electron chi connectivity index (χ0n) is 8.21. The number of nitrogens with zero attached hydrogens (tertiary/aromatic N) is 1. The molecule has 0 aliphatic rings. The number of aromatic nitrogens is 1. The first-order valence-electron chi connectivity index (χ1n) is 4.67. The molecule has 0 saturated heterocycles. The quantitative estimate of drug-likeness (QED) is 0.885. The highest BCUT2D eigenvalue weighted by molar-refractivity contribution is 7.17. The van der Waals surface area contributed by atoms with Gasteiger partial charge in [-0.2, -0.15) is 13.2 Å². The molecule has 2 nitrogen and oxygen atoms in total. The molecule has 0 fully saturated rings. The maximum absolute atomic E-state index is 12.7. The second-order valence-corrected chi connectivity index (χ2v) is 4.28. The monoisotopic (exact) mass is 246 g/mol. The standard InChI is InChI=1S/C10H9F3N2S/c11-10(12,13)9-6(1-3-14)5-8-7(15-9)2-4-16-8/h2,4-5H,1,3,14H2. The predicted octanol–water partition coefficient (Wildman–Crippen LogP) is 2.82. The summed E-state index contributed by atoms with van der Waals surface area (Å²) in [5, 5.41) is 1.73. The van der Waals surface area contributed by atoms with Crippen molar-refractivity contribution in [3.63, 3.8) is 0 Å². The second kappa shape index (κ2) is 4.03. The van der Waals surface area contributed by atoms with Gasteiger partial charge >= 0.3 is 6.18 Å². The number of nitrogens with two attached hydrogens (primary N) is 1. The second-order valence-electron chi connectivity index (χ2n) is 3.34. The Morgan fingerprint density at radius 3 is 2.75 bits per heavy atom. The number of fused-ring (bicyclic) bond motifs is 1. The Bertz CT molecular complexity index is 504. The lowest BCUT2D eigenvalue weighted by Crippen LogP contribution is -2.14. The average Bonchev–Trinajstić information content (AvgIpc) is 2.62. The lowest BCUT2D eigenvalue weighted by Gasteiger charge is -2.11. The van der Waals surface area contributed by atoms with Crippen LogP contribution in [-0.2, 0) is 12.6 Å². The zero-order valence-corrected chi connectivity index (χ0v) is 9.03. The van der Waals surface area contributed by atoms with Crippen molar-refractivity contribution in [3.05, 3.63) is 28.8 Å². The Kier molecular flexibility index (Phi) is 2.86. The van der Waals surface area contributed by atoms with E-state index in [0.717, 1.165) is 4.70 Å². The molecule has 0 aliphatic carbocycles. The molecule has 86 valence electrons. The number of pyridine rings is 1. The van der Waals surface area contributed by atoms with Crippen molar-refractivity contribution in [2.24, 2.45) is 5.73 Å². The first-order valence-corrected chi connectivity index (χ1v) is 5.54. The van der Waals surface area contributed by atoms with E-state index in [0.29, 0.717) is 5.52 Å². The van der Waals surface area contributed by atoms with E-state index in [1.54, 1.807) is 11.4 Å². The number of rotatable bonds is 2. The Balaban J connectivity index is 2.62. The van der Waals surface area contributed by atoms with E-state index < -0.39 is 11.9 Å². The molecule has 0 aliphatic heterocycles. The Labute approximate surface area is 93.9 Å². The van der Waals surface area contributed by atoms with Gasteiger partial charge in [0.05, 0.1) is 10.2 Å². The van der Waals surface area contributed by atoms with Gasteiger partial charge in [0.15, 0.2) is 0 Å². The van der Waals surface area contributed by atoms with Crippen LogP contribution in [0.5, 0.6) is 0 Å². The summed E-state index contributed by atoms with van der Waals surface area (Å²) in [6, 6.07) is 3.12. The molecule has 2 aromatic heterocycles. The minimum absolute atomic E-state index is 0.171. The van der Waals surface area contributed by atoms with E-state index in [1.807, 2.05) is 0 Å². The topological polar surface area (TPSA) is 38.9 Å². The molecule has 6 heteroatoms. The number of hydrogen-bond acceptors (Lipinski definition) is 3. The van der Waals surface area contributed by atoms with E-state index in [1.165, 1.54) is 17.4 Å². The van der Waals surface area contributed by atoms with Gasteiger partial charge in [0.25, 0.3) is 0 Å². The van der Waals surface area contributed by atoms with Crippen LogP contribution >= 0.6 is 11.3 Å². The smallest absolute Gasteiger partial charge is 0.330 e. The fourth-order valence-electron chi connectivity index (χ4n) is 1.52. The molecule has 0 aromatic carbocycles. The minimum atomic E-state index is -4.42. The fourth-order valence-corrected chi connectivity index (χ4v) is 2.31. The Morgan fingerprint density at radius 1 is 1.38 bits per heavy atom. The highest BCUT2D eigenvalue weighted by atomic mass is 32.1. The van der Waals surface area contributed by atoms with Gasteiger partial charge < -0.3 is 5.73 Å². The summed E-state index contributed by atoms with van der Waals surface area (Å²) < 4.78 is 38.9. The van der Waals surface area contributed by atoms with Crippen LogP contribution in [0.1, 0.15) is 11.3 Å². The lowest BCUT2D eigenvalue weighted by atomic mass is 10.1. The number of halogens is 3. The Morgan fingerprint density at radius 2 is 2.12 bits per heavy atom. The summed E-state index contributed by atoms with van der Waals surface area (Å²) in [6.45, 7) is 0.182. The van der Waals surface area contributed by atoms with E-state index in [-0.39, 0.29) is 18.5 Å². The van der Waals surface area contributed by atoms with Crippen LogP contribution in [0.3, 0.4) is 0 Å². The number of alkyl halides is 3. The van der Waals surface area contributed by atoms with Crippen molar-refractivity contribution in [3.8, 4) is 0 Å². The molecule has 0 unspecified atom stereocenters. The molecule has 0 atom stereocenters. The first kappa shape index (κ1) is 11.3. The summed E-state index contributed by atoms with van der Waals surface area (Å²) in [5.41, 5.74) is 5.04. The first-order chi connectivity index (χ1) is 7.52. The van der Waals surface area contributed by atoms with Crippen LogP contribution in [0, 0.1) is 0 Å². The fraction of sp³-hybridized carbons (Fsp3) is 0.300. The molecule has 16 heavy (non-hydrogen) atoms. The highest BCUT2D eigenvalue weighted by Gasteiger charge is 2.35. The molecule has 0 saturated carbocycles. The molecule has 2 N–H and O–H groups in total. The highest BCUT2D eigenvalue weighted by Crippen LogP contribution is 2.33. The van der Waals surface area contributed by atoms with E-state index in [9.17, 15) is 13.2 Å². The maximum Gasteiger partial charge on any atom is 0.433 e. The maximum atomic E-state index is 12.7. The molecular formula is C10H9F3N2S. The third kappa shape index (κ3) is 2.03. The molecule has 2 rings (SSSR count). The predicted molar refractivity (Wildman–Crippen MR) is 57.4 cm³/mol. The summed E-state index contributed by atoms with van der Waals surface area (Å²) >= 11 is 1.38. The summed E-state index contributed by atoms with van der Waals surface area (Å²) in [4.78, 5) is 3.65. The summed E-state index contributed by atoms with van der Waals surface area (Å²) in [5.74, 6) is 0. The van der Waals surface area contributed by atoms with Crippen molar-refractivity contribution in [2.45, 2.75) is 12.6 Å². The van der Waals surface area contributed by atoms with Gasteiger partial charge in [0.1, 0.15) is 5.69 Å². The van der Waals surface area contributed by atoms with Crippen molar-refractivity contribution in [1.82, 2.24) is 4.98 Å². The minimum Gasteiger partial charge on any atom is -0.330 e. The molecule has 2 heterocycles. The molecule has 0 amide bonds. The molecule has 2 aromatic rings. The zero-order chi connectivity index (χ0) is 11.8. The summed E-state index contributed by atoms with van der Waals surface area (Å²) in [6.07, 6.45) is -4.23. The van der Waals surface area contributed by atoms with Gasteiger partial charge in [-0.25, -0.2) is 4.98 Å². The van der Waals surface area contributed by atoms with Gasteiger partial charge in [0, 0.05) is 0 Å². The average molecular weight is 246 g/mol. The van der Waals surface area contributed by atoms with Gasteiger partial charge in [-0.3, -0.25) is 0 Å². The SMILES string of the molecule is NCCc1cc2sccc2nc1C(F)(F)F. The largest absolute Gasteiger partial charge is 0.433 e. The van der Waals surface area contributed by atoms with Crippen LogP contribution in [0.25, 0.3) is 10.2 Å². The molecular weight excluding hydrogens is 237 g/mol. The van der Waals surface area contributed by atoms with Crippen LogP contribution in [0.4, 0.5) is 13.2 Å². The lowest BCUT2D eigenvalue weighted by molar-refractivity contribution is -0.141. The van der Waals surface area contributed by atoms with Crippen molar-refractivity contribution < 1.29 is 13.2 Å². The van der Waals surface area contributed by atoms with E-state index >= 15 is 0 Å². The van der Waals surface area contributed by atoms with Gasteiger partial charge in [-0.15, -0.1) is 11.3 Å². The van der Waals surface area contributed by atoms with E-state index in [2.05, 4.69) is 4.98 Å². The van der Waals surface area contributed by atoms with E-state index in [4.69, 9.17) is 5.73 Å². The van der Waals surface area contributed by atoms with Gasteiger partial charge in [0.2, 0.25) is 0 Å². The summed E-state index contributed by atoms with van der Waals surface area (Å²) in [7, 11) is 0. The van der Waals surface area contributed by atoms with Crippen LogP contribution < -0.4 is 5.73 Å². The third-order valence-corrected chi connectivity index (χ3v) is 3.05. The Hall–Kier alpha value is -1.14. The van der Waals surface area contributed by atoms with Gasteiger partial charge in [-0.1, -0.05) is 0 Å². The molecule has 0 spiro atoms. The van der Waals surface area contributed by atoms with Crippen molar-refractivity contribution in [1.29, 1.82) is 0 Å². The third-order valence-electron chi connectivity index (χ3n) is 2.20.